The number of para-hydroxylation sites is 3. The first-order chi connectivity index (χ1) is 26.3. The fraction of sp³-hybridized carbons (Fsp3) is 0.216. The minimum Gasteiger partial charge on any atom is -0.313 e. The Balaban J connectivity index is 1.22. The zero-order valence-corrected chi connectivity index (χ0v) is 32.1. The number of benzene rings is 7. The Bertz CT molecular complexity index is 2460. The number of anilines is 7. The number of hydrogen-bond acceptors (Lipinski definition) is 3. The summed E-state index contributed by atoms with van der Waals surface area (Å²) in [5, 5.41) is 2.47. The molecule has 0 fully saturated rings. The third-order valence-corrected chi connectivity index (χ3v) is 12.4. The monoisotopic (exact) mass is 701 g/mol. The summed E-state index contributed by atoms with van der Waals surface area (Å²) >= 11 is 0. The second-order valence-electron chi connectivity index (χ2n) is 16.1. The molecule has 3 heterocycles. The van der Waals surface area contributed by atoms with Crippen molar-refractivity contribution in [2.24, 2.45) is 0 Å². The largest absolute Gasteiger partial charge is 0.313 e. The predicted molar refractivity (Wildman–Crippen MR) is 228 cm³/mol. The van der Waals surface area contributed by atoms with Crippen LogP contribution in [0.4, 0.5) is 39.8 Å². The van der Waals surface area contributed by atoms with E-state index in [0.717, 1.165) is 11.4 Å². The van der Waals surface area contributed by atoms with Crippen LogP contribution in [-0.4, -0.2) is 0 Å². The predicted octanol–water partition coefficient (Wildman–Crippen LogP) is 14.5. The van der Waals surface area contributed by atoms with Gasteiger partial charge in [-0.3, -0.25) is 0 Å². The van der Waals surface area contributed by atoms with E-state index >= 15 is 0 Å². The molecule has 3 aliphatic heterocycles. The van der Waals surface area contributed by atoms with Gasteiger partial charge in [-0.05, 0) is 86.5 Å². The SMILES string of the molecule is CC(C)c1cccc2c1N1c3c(ccc4c3N(c3c(C(C)C)cccc3C4C)C1c1ccc(N(c3ccccc3)c3cccc4ccccc34)cc1)C2C. The van der Waals surface area contributed by atoms with E-state index in [-0.39, 0.29) is 6.17 Å². The third kappa shape index (κ3) is 4.67. The van der Waals surface area contributed by atoms with Gasteiger partial charge < -0.3 is 14.7 Å². The molecule has 2 atom stereocenters. The molecule has 0 spiro atoms. The highest BCUT2D eigenvalue weighted by Gasteiger charge is 2.50. The van der Waals surface area contributed by atoms with Crippen molar-refractivity contribution in [1.82, 2.24) is 0 Å². The van der Waals surface area contributed by atoms with E-state index in [0.29, 0.717) is 23.7 Å². The molecule has 7 aromatic carbocycles. The maximum Gasteiger partial charge on any atom is 0.137 e. The van der Waals surface area contributed by atoms with Crippen molar-refractivity contribution in [3.05, 3.63) is 185 Å². The fourth-order valence-electron chi connectivity index (χ4n) is 9.83. The Morgan fingerprint density at radius 3 is 1.50 bits per heavy atom. The van der Waals surface area contributed by atoms with E-state index in [9.17, 15) is 0 Å². The lowest BCUT2D eigenvalue weighted by Gasteiger charge is -2.41. The van der Waals surface area contributed by atoms with Crippen LogP contribution >= 0.6 is 0 Å². The molecular weight excluding hydrogens is 655 g/mol. The molecule has 0 radical (unpaired) electrons. The second kappa shape index (κ2) is 12.4. The first kappa shape index (κ1) is 32.8. The van der Waals surface area contributed by atoms with E-state index in [1.807, 2.05) is 0 Å². The van der Waals surface area contributed by atoms with Gasteiger partial charge in [-0.1, -0.05) is 157 Å². The summed E-state index contributed by atoms with van der Waals surface area (Å²) < 4.78 is 0. The lowest BCUT2D eigenvalue weighted by atomic mass is 9.79. The van der Waals surface area contributed by atoms with Crippen molar-refractivity contribution in [3.63, 3.8) is 0 Å². The summed E-state index contributed by atoms with van der Waals surface area (Å²) in [6.45, 7) is 14.2. The van der Waals surface area contributed by atoms with Crippen LogP contribution in [0, 0.1) is 0 Å². The molecule has 54 heavy (non-hydrogen) atoms. The Kier molecular flexibility index (Phi) is 7.53. The summed E-state index contributed by atoms with van der Waals surface area (Å²) in [7, 11) is 0. The van der Waals surface area contributed by atoms with Gasteiger partial charge in [0.2, 0.25) is 0 Å². The summed E-state index contributed by atoms with van der Waals surface area (Å²) in [6.07, 6.45) is -0.0472. The summed E-state index contributed by atoms with van der Waals surface area (Å²) in [5.74, 6) is 1.38. The molecule has 0 aliphatic carbocycles. The highest BCUT2D eigenvalue weighted by atomic mass is 15.4. The van der Waals surface area contributed by atoms with Gasteiger partial charge in [-0.25, -0.2) is 0 Å². The van der Waals surface area contributed by atoms with Crippen LogP contribution in [0.2, 0.25) is 0 Å². The van der Waals surface area contributed by atoms with Gasteiger partial charge in [0.15, 0.2) is 0 Å². The van der Waals surface area contributed by atoms with Crippen molar-refractivity contribution >= 4 is 50.6 Å². The van der Waals surface area contributed by atoms with Gasteiger partial charge in [-0.15, -0.1) is 0 Å². The van der Waals surface area contributed by atoms with E-state index < -0.39 is 0 Å². The smallest absolute Gasteiger partial charge is 0.137 e. The molecule has 0 bridgehead atoms. The number of rotatable bonds is 6. The lowest BCUT2D eigenvalue weighted by Crippen LogP contribution is -2.35. The van der Waals surface area contributed by atoms with Crippen molar-refractivity contribution in [2.45, 2.75) is 71.4 Å². The van der Waals surface area contributed by atoms with Gasteiger partial charge in [-0.2, -0.15) is 0 Å². The number of fused-ring (bicyclic) bond motifs is 5. The van der Waals surface area contributed by atoms with E-state index in [1.165, 1.54) is 78.2 Å². The Hall–Kier alpha value is -5.80. The average Bonchev–Trinajstić information content (AvgIpc) is 3.56. The Labute approximate surface area is 320 Å². The summed E-state index contributed by atoms with van der Waals surface area (Å²) in [4.78, 5) is 7.90. The van der Waals surface area contributed by atoms with Crippen LogP contribution in [0.25, 0.3) is 10.8 Å². The summed E-state index contributed by atoms with van der Waals surface area (Å²) in [6, 6.07) is 54.5. The molecule has 0 N–H and O–H groups in total. The minimum atomic E-state index is -0.0472. The van der Waals surface area contributed by atoms with E-state index in [4.69, 9.17) is 0 Å². The van der Waals surface area contributed by atoms with Gasteiger partial charge in [0.25, 0.3) is 0 Å². The average molecular weight is 702 g/mol. The molecule has 0 aromatic heterocycles. The van der Waals surface area contributed by atoms with Gasteiger partial charge in [0, 0.05) is 28.6 Å². The van der Waals surface area contributed by atoms with Crippen molar-refractivity contribution in [1.29, 1.82) is 0 Å². The van der Waals surface area contributed by atoms with Gasteiger partial charge in [0.1, 0.15) is 6.17 Å². The van der Waals surface area contributed by atoms with Crippen molar-refractivity contribution < 1.29 is 0 Å². The highest BCUT2D eigenvalue weighted by Crippen LogP contribution is 2.66. The Morgan fingerprint density at radius 1 is 0.444 bits per heavy atom. The zero-order valence-electron chi connectivity index (χ0n) is 32.1. The molecule has 2 unspecified atom stereocenters. The third-order valence-electron chi connectivity index (χ3n) is 12.4. The molecule has 0 saturated carbocycles. The quantitative estimate of drug-likeness (QED) is 0.171. The summed E-state index contributed by atoms with van der Waals surface area (Å²) in [5.41, 5.74) is 18.9. The zero-order chi connectivity index (χ0) is 36.8. The van der Waals surface area contributed by atoms with Crippen LogP contribution in [0.5, 0.6) is 0 Å². The van der Waals surface area contributed by atoms with Crippen LogP contribution in [0.3, 0.4) is 0 Å². The maximum atomic E-state index is 2.74. The van der Waals surface area contributed by atoms with Crippen LogP contribution in [0.1, 0.15) is 110 Å². The molecule has 0 amide bonds. The molecule has 3 heteroatoms. The normalized spacial score (nSPS) is 17.9. The highest BCUT2D eigenvalue weighted by molar-refractivity contribution is 6.01. The van der Waals surface area contributed by atoms with Crippen LogP contribution in [0.15, 0.2) is 146 Å². The van der Waals surface area contributed by atoms with Crippen molar-refractivity contribution in [2.75, 3.05) is 14.7 Å². The lowest BCUT2D eigenvalue weighted by molar-refractivity contribution is 0.698. The van der Waals surface area contributed by atoms with Crippen LogP contribution < -0.4 is 14.7 Å². The van der Waals surface area contributed by atoms with Crippen molar-refractivity contribution in [3.8, 4) is 0 Å². The molecule has 3 aliphatic rings. The van der Waals surface area contributed by atoms with Gasteiger partial charge in [0.05, 0.1) is 28.4 Å². The number of nitrogens with zero attached hydrogens (tertiary/aromatic N) is 3. The molecule has 3 nitrogen and oxygen atoms in total. The van der Waals surface area contributed by atoms with Crippen LogP contribution in [-0.2, 0) is 0 Å². The van der Waals surface area contributed by atoms with E-state index in [2.05, 4.69) is 202 Å². The van der Waals surface area contributed by atoms with Gasteiger partial charge >= 0.3 is 0 Å². The second-order valence-corrected chi connectivity index (χ2v) is 16.1. The molecule has 0 saturated heterocycles. The first-order valence-electron chi connectivity index (χ1n) is 19.8. The standard InChI is InChI=1S/C51H47N3/c1-31(2)39-20-13-22-41-33(5)43-29-30-44-34(6)42-23-14-21-40(32(3)4)48(42)54-50(44)49(43)53(47(39)41)51(54)36-25-27-38(28-26-36)52(37-17-8-7-9-18-37)46-24-12-16-35-15-10-11-19-45(35)46/h7-34,51H,1-6H3. The molecule has 10 rings (SSSR count). The first-order valence-corrected chi connectivity index (χ1v) is 19.8. The fourth-order valence-corrected chi connectivity index (χ4v) is 9.83. The molecular formula is C51H47N3. The number of hydrogen-bond donors (Lipinski definition) is 0. The Morgan fingerprint density at radius 2 is 0.926 bits per heavy atom. The topological polar surface area (TPSA) is 9.72 Å². The maximum absolute atomic E-state index is 2.74. The molecule has 7 aromatic rings. The van der Waals surface area contributed by atoms with E-state index in [1.54, 1.807) is 0 Å². The minimum absolute atomic E-state index is 0.0472. The molecule has 266 valence electrons.